The molecule has 1 aromatic rings. The highest BCUT2D eigenvalue weighted by Gasteiger charge is 2.20. The average Bonchev–Trinajstić information content (AvgIpc) is 2.45. The minimum Gasteiger partial charge on any atom is -0.477 e. The van der Waals surface area contributed by atoms with E-state index in [1.165, 1.54) is 12.1 Å². The zero-order valence-corrected chi connectivity index (χ0v) is 12.1. The number of rotatable bonds is 8. The van der Waals surface area contributed by atoms with Crippen LogP contribution in [0.5, 0.6) is 0 Å². The zero-order chi connectivity index (χ0) is 16.0. The van der Waals surface area contributed by atoms with Gasteiger partial charge < -0.3 is 15.5 Å². The number of nitro groups is 1. The van der Waals surface area contributed by atoms with E-state index in [1.54, 1.807) is 0 Å². The van der Waals surface area contributed by atoms with Gasteiger partial charge in [-0.15, -0.1) is 0 Å². The molecule has 0 aromatic heterocycles. The first kappa shape index (κ1) is 16.9. The third kappa shape index (κ3) is 4.42. The monoisotopic (exact) mass is 296 g/mol. The highest BCUT2D eigenvalue weighted by molar-refractivity contribution is 5.93. The van der Waals surface area contributed by atoms with Crippen molar-refractivity contribution >= 4 is 17.3 Å². The van der Waals surface area contributed by atoms with Crippen LogP contribution in [-0.4, -0.2) is 33.8 Å². The SMILES string of the molecule is CCC(CC)C(O)CNc1ccc([N+](=O)[O-])c(C(=O)O)c1. The van der Waals surface area contributed by atoms with Gasteiger partial charge in [0.2, 0.25) is 0 Å². The Bertz CT molecular complexity index is 514. The van der Waals surface area contributed by atoms with Gasteiger partial charge in [-0.1, -0.05) is 26.7 Å². The second kappa shape index (κ2) is 7.58. The smallest absolute Gasteiger partial charge is 0.342 e. The number of anilines is 1. The van der Waals surface area contributed by atoms with Crippen LogP contribution < -0.4 is 5.32 Å². The van der Waals surface area contributed by atoms with Gasteiger partial charge in [-0.25, -0.2) is 4.79 Å². The molecule has 1 aromatic carbocycles. The first-order chi connectivity index (χ1) is 9.90. The van der Waals surface area contributed by atoms with Crippen LogP contribution in [0.4, 0.5) is 11.4 Å². The third-order valence-corrected chi connectivity index (χ3v) is 3.53. The van der Waals surface area contributed by atoms with E-state index < -0.39 is 22.7 Å². The Morgan fingerprint density at radius 3 is 2.48 bits per heavy atom. The van der Waals surface area contributed by atoms with Crippen molar-refractivity contribution in [2.45, 2.75) is 32.8 Å². The van der Waals surface area contributed by atoms with Crippen LogP contribution in [0.1, 0.15) is 37.0 Å². The number of carboxylic acid groups (broad SMARTS) is 1. The van der Waals surface area contributed by atoms with Crippen LogP contribution >= 0.6 is 0 Å². The molecule has 7 heteroatoms. The van der Waals surface area contributed by atoms with Crippen LogP contribution in [0.3, 0.4) is 0 Å². The number of nitrogens with zero attached hydrogens (tertiary/aromatic N) is 1. The van der Waals surface area contributed by atoms with E-state index in [0.29, 0.717) is 5.69 Å². The van der Waals surface area contributed by atoms with Crippen molar-refractivity contribution in [3.8, 4) is 0 Å². The topological polar surface area (TPSA) is 113 Å². The maximum atomic E-state index is 11.0. The fraction of sp³-hybridized carbons (Fsp3) is 0.500. The summed E-state index contributed by atoms with van der Waals surface area (Å²) < 4.78 is 0. The molecule has 0 aliphatic carbocycles. The van der Waals surface area contributed by atoms with Gasteiger partial charge in [0.15, 0.2) is 0 Å². The van der Waals surface area contributed by atoms with Crippen molar-refractivity contribution in [3.63, 3.8) is 0 Å². The van der Waals surface area contributed by atoms with Crippen molar-refractivity contribution in [3.05, 3.63) is 33.9 Å². The summed E-state index contributed by atoms with van der Waals surface area (Å²) in [6, 6.07) is 3.79. The molecule has 0 bridgehead atoms. The Morgan fingerprint density at radius 1 is 1.38 bits per heavy atom. The van der Waals surface area contributed by atoms with Gasteiger partial charge in [-0.3, -0.25) is 10.1 Å². The fourth-order valence-electron chi connectivity index (χ4n) is 2.20. The van der Waals surface area contributed by atoms with Crippen molar-refractivity contribution < 1.29 is 19.9 Å². The molecular weight excluding hydrogens is 276 g/mol. The molecule has 1 unspecified atom stereocenters. The van der Waals surface area contributed by atoms with Gasteiger partial charge in [0.25, 0.3) is 5.69 Å². The molecule has 0 radical (unpaired) electrons. The number of benzene rings is 1. The highest BCUT2D eigenvalue weighted by atomic mass is 16.6. The number of hydrogen-bond acceptors (Lipinski definition) is 5. The van der Waals surface area contributed by atoms with Gasteiger partial charge in [0.1, 0.15) is 5.56 Å². The van der Waals surface area contributed by atoms with Crippen molar-refractivity contribution in [1.82, 2.24) is 0 Å². The lowest BCUT2D eigenvalue weighted by atomic mass is 9.96. The maximum Gasteiger partial charge on any atom is 0.342 e. The molecular formula is C14H20N2O5. The lowest BCUT2D eigenvalue weighted by Gasteiger charge is -2.20. The van der Waals surface area contributed by atoms with Gasteiger partial charge >= 0.3 is 5.97 Å². The number of carbonyl (C=O) groups is 1. The predicted molar refractivity (Wildman–Crippen MR) is 78.6 cm³/mol. The minimum atomic E-state index is -1.36. The Labute approximate surface area is 122 Å². The molecule has 0 saturated carbocycles. The molecule has 0 fully saturated rings. The lowest BCUT2D eigenvalue weighted by molar-refractivity contribution is -0.385. The quantitative estimate of drug-likeness (QED) is 0.502. The summed E-state index contributed by atoms with van der Waals surface area (Å²) in [4.78, 5) is 21.1. The number of aliphatic hydroxyl groups excluding tert-OH is 1. The Balaban J connectivity index is 2.84. The average molecular weight is 296 g/mol. The predicted octanol–water partition coefficient (Wildman–Crippen LogP) is 2.50. The van der Waals surface area contributed by atoms with Gasteiger partial charge in [0.05, 0.1) is 11.0 Å². The third-order valence-electron chi connectivity index (χ3n) is 3.53. The van der Waals surface area contributed by atoms with E-state index in [9.17, 15) is 20.0 Å². The van der Waals surface area contributed by atoms with E-state index >= 15 is 0 Å². The van der Waals surface area contributed by atoms with Crippen LogP contribution in [0.25, 0.3) is 0 Å². The molecule has 21 heavy (non-hydrogen) atoms. The second-order valence-corrected chi connectivity index (χ2v) is 4.82. The minimum absolute atomic E-state index is 0.162. The van der Waals surface area contributed by atoms with Gasteiger partial charge in [0, 0.05) is 18.3 Å². The Hall–Kier alpha value is -2.15. The summed E-state index contributed by atoms with van der Waals surface area (Å²) in [7, 11) is 0. The van der Waals surface area contributed by atoms with Crippen LogP contribution in [0.15, 0.2) is 18.2 Å². The summed E-state index contributed by atoms with van der Waals surface area (Å²) in [6.07, 6.45) is 1.14. The molecule has 0 heterocycles. The molecule has 0 amide bonds. The largest absolute Gasteiger partial charge is 0.477 e. The first-order valence-electron chi connectivity index (χ1n) is 6.84. The number of carboxylic acids is 1. The molecule has 1 atom stereocenters. The molecule has 0 spiro atoms. The van der Waals surface area contributed by atoms with Crippen LogP contribution in [0, 0.1) is 16.0 Å². The molecule has 116 valence electrons. The van der Waals surface area contributed by atoms with E-state index in [1.807, 2.05) is 13.8 Å². The number of aliphatic hydroxyl groups is 1. The molecule has 3 N–H and O–H groups in total. The summed E-state index contributed by atoms with van der Waals surface area (Å²) in [5, 5.41) is 32.7. The van der Waals surface area contributed by atoms with Gasteiger partial charge in [-0.05, 0) is 18.1 Å². The Morgan fingerprint density at radius 2 is 2.00 bits per heavy atom. The van der Waals surface area contributed by atoms with E-state index in [2.05, 4.69) is 5.32 Å². The maximum absolute atomic E-state index is 11.0. The molecule has 7 nitrogen and oxygen atoms in total. The van der Waals surface area contributed by atoms with Crippen molar-refractivity contribution in [1.29, 1.82) is 0 Å². The molecule has 0 aliphatic rings. The molecule has 0 aliphatic heterocycles. The number of hydrogen-bond donors (Lipinski definition) is 3. The summed E-state index contributed by atoms with van der Waals surface area (Å²) in [5.41, 5.74) is -0.390. The standard InChI is InChI=1S/C14H20N2O5/c1-3-9(4-2)13(17)8-15-10-5-6-12(16(20)21)11(7-10)14(18)19/h5-7,9,13,15,17H,3-4,8H2,1-2H3,(H,18,19). The Kier molecular flexibility index (Phi) is 6.10. The van der Waals surface area contributed by atoms with E-state index in [4.69, 9.17) is 5.11 Å². The van der Waals surface area contributed by atoms with Crippen molar-refractivity contribution in [2.75, 3.05) is 11.9 Å². The highest BCUT2D eigenvalue weighted by Crippen LogP contribution is 2.23. The second-order valence-electron chi connectivity index (χ2n) is 4.82. The van der Waals surface area contributed by atoms with Gasteiger partial charge in [-0.2, -0.15) is 0 Å². The summed E-state index contributed by atoms with van der Waals surface area (Å²) in [6.45, 7) is 4.25. The number of nitro benzene ring substituents is 1. The number of aromatic carboxylic acids is 1. The summed E-state index contributed by atoms with van der Waals surface area (Å²) >= 11 is 0. The normalized spacial score (nSPS) is 12.2. The van der Waals surface area contributed by atoms with E-state index in [0.717, 1.165) is 18.9 Å². The molecule has 1 rings (SSSR count). The fourth-order valence-corrected chi connectivity index (χ4v) is 2.20. The number of nitrogens with one attached hydrogen (secondary N) is 1. The zero-order valence-electron chi connectivity index (χ0n) is 12.1. The first-order valence-corrected chi connectivity index (χ1v) is 6.84. The summed E-state index contributed by atoms with van der Waals surface area (Å²) in [5.74, 6) is -1.19. The van der Waals surface area contributed by atoms with E-state index in [-0.39, 0.29) is 18.0 Å². The van der Waals surface area contributed by atoms with Crippen LogP contribution in [0.2, 0.25) is 0 Å². The molecule has 0 saturated heterocycles. The van der Waals surface area contributed by atoms with Crippen molar-refractivity contribution in [2.24, 2.45) is 5.92 Å². The lowest BCUT2D eigenvalue weighted by Crippen LogP contribution is -2.27. The van der Waals surface area contributed by atoms with Crippen LogP contribution in [-0.2, 0) is 0 Å².